The number of imidazole rings is 1. The van der Waals surface area contributed by atoms with Gasteiger partial charge in [-0.1, -0.05) is 0 Å². The Kier molecular flexibility index (Phi) is 2.82. The van der Waals surface area contributed by atoms with E-state index in [1.165, 1.54) is 11.3 Å². The number of aromatic nitrogens is 2. The summed E-state index contributed by atoms with van der Waals surface area (Å²) >= 11 is 1.27. The van der Waals surface area contributed by atoms with E-state index in [0.717, 1.165) is 18.5 Å². The molecule has 0 saturated carbocycles. The molecule has 1 N–H and O–H groups in total. The molecule has 0 aromatic carbocycles. The van der Waals surface area contributed by atoms with E-state index in [4.69, 9.17) is 5.11 Å². The van der Waals surface area contributed by atoms with Crippen molar-refractivity contribution in [3.8, 4) is 0 Å². The summed E-state index contributed by atoms with van der Waals surface area (Å²) in [6.07, 6.45) is 6.03. The molecule has 0 aliphatic carbocycles. The molecule has 0 atom stereocenters. The molecule has 0 aliphatic rings. The van der Waals surface area contributed by atoms with Crippen LogP contribution < -0.4 is 0 Å². The molecule has 0 amide bonds. The zero-order valence-corrected chi connectivity index (χ0v) is 8.78. The molecule has 0 bridgehead atoms. The molecular formula is C10H10N2O2S. The first-order chi connectivity index (χ1) is 7.27. The van der Waals surface area contributed by atoms with Gasteiger partial charge in [-0.2, -0.15) is 0 Å². The highest BCUT2D eigenvalue weighted by Gasteiger charge is 2.10. The lowest BCUT2D eigenvalue weighted by Crippen LogP contribution is -2.02. The van der Waals surface area contributed by atoms with Gasteiger partial charge >= 0.3 is 5.97 Å². The highest BCUT2D eigenvalue weighted by atomic mass is 32.1. The van der Waals surface area contributed by atoms with Gasteiger partial charge in [-0.3, -0.25) is 0 Å². The average molecular weight is 222 g/mol. The molecule has 0 fully saturated rings. The van der Waals surface area contributed by atoms with E-state index in [1.807, 2.05) is 22.2 Å². The fourth-order valence-corrected chi connectivity index (χ4v) is 2.18. The molecule has 4 nitrogen and oxygen atoms in total. The normalized spacial score (nSPS) is 10.4. The van der Waals surface area contributed by atoms with Crippen molar-refractivity contribution in [1.29, 1.82) is 0 Å². The Morgan fingerprint density at radius 3 is 3.13 bits per heavy atom. The van der Waals surface area contributed by atoms with Gasteiger partial charge in [0.1, 0.15) is 4.88 Å². The minimum Gasteiger partial charge on any atom is -0.477 e. The van der Waals surface area contributed by atoms with Gasteiger partial charge in [-0.25, -0.2) is 9.78 Å². The van der Waals surface area contributed by atoms with Crippen LogP contribution in [0.2, 0.25) is 0 Å². The summed E-state index contributed by atoms with van der Waals surface area (Å²) in [5.74, 6) is -0.842. The number of hydrogen-bond donors (Lipinski definition) is 1. The van der Waals surface area contributed by atoms with E-state index in [9.17, 15) is 4.79 Å². The van der Waals surface area contributed by atoms with Crippen molar-refractivity contribution >= 4 is 17.3 Å². The third-order valence-electron chi connectivity index (χ3n) is 2.14. The maximum atomic E-state index is 10.8. The number of aromatic carboxylic acids is 1. The van der Waals surface area contributed by atoms with E-state index >= 15 is 0 Å². The summed E-state index contributed by atoms with van der Waals surface area (Å²) in [5.41, 5.74) is 0.890. The third kappa shape index (κ3) is 2.24. The zero-order valence-electron chi connectivity index (χ0n) is 7.96. The lowest BCUT2D eigenvalue weighted by atomic mass is 10.2. The Morgan fingerprint density at radius 1 is 1.60 bits per heavy atom. The minimum atomic E-state index is -0.842. The second-order valence-electron chi connectivity index (χ2n) is 3.13. The maximum Gasteiger partial charge on any atom is 0.346 e. The number of rotatable bonds is 4. The molecule has 78 valence electrons. The summed E-state index contributed by atoms with van der Waals surface area (Å²) in [5, 5.41) is 10.7. The second kappa shape index (κ2) is 4.27. The van der Waals surface area contributed by atoms with Crippen LogP contribution in [-0.4, -0.2) is 20.6 Å². The van der Waals surface area contributed by atoms with Crippen LogP contribution in [0.4, 0.5) is 0 Å². The van der Waals surface area contributed by atoms with Gasteiger partial charge in [-0.05, 0) is 23.4 Å². The number of aryl methyl sites for hydroxylation is 2. The van der Waals surface area contributed by atoms with E-state index in [0.29, 0.717) is 4.88 Å². The van der Waals surface area contributed by atoms with E-state index in [2.05, 4.69) is 4.98 Å². The first-order valence-electron chi connectivity index (χ1n) is 4.53. The molecule has 2 aromatic heterocycles. The summed E-state index contributed by atoms with van der Waals surface area (Å²) < 4.78 is 1.93. The molecule has 0 radical (unpaired) electrons. The fourth-order valence-electron chi connectivity index (χ4n) is 1.39. The summed E-state index contributed by atoms with van der Waals surface area (Å²) in [6.45, 7) is 0.761. The molecule has 5 heteroatoms. The molecule has 0 unspecified atom stereocenters. The Hall–Kier alpha value is -1.62. The van der Waals surface area contributed by atoms with Gasteiger partial charge in [0, 0.05) is 18.9 Å². The number of carbonyl (C=O) groups is 1. The molecule has 2 aromatic rings. The van der Waals surface area contributed by atoms with Crippen LogP contribution in [-0.2, 0) is 13.0 Å². The van der Waals surface area contributed by atoms with Gasteiger partial charge in [0.25, 0.3) is 0 Å². The lowest BCUT2D eigenvalue weighted by molar-refractivity contribution is 0.0701. The number of thiophene rings is 1. The van der Waals surface area contributed by atoms with Gasteiger partial charge in [0.15, 0.2) is 0 Å². The Bertz CT molecular complexity index is 448. The highest BCUT2D eigenvalue weighted by molar-refractivity contribution is 7.12. The van der Waals surface area contributed by atoms with Crippen molar-refractivity contribution in [2.75, 3.05) is 0 Å². The van der Waals surface area contributed by atoms with Crippen LogP contribution >= 0.6 is 11.3 Å². The van der Waals surface area contributed by atoms with Gasteiger partial charge in [0.05, 0.1) is 6.33 Å². The number of carboxylic acid groups (broad SMARTS) is 1. The van der Waals surface area contributed by atoms with Crippen LogP contribution in [0, 0.1) is 0 Å². The van der Waals surface area contributed by atoms with Crippen LogP contribution in [0.25, 0.3) is 0 Å². The Balaban J connectivity index is 2.05. The third-order valence-corrected chi connectivity index (χ3v) is 3.08. The minimum absolute atomic E-state index is 0.440. The Labute approximate surface area is 90.8 Å². The number of hydrogen-bond acceptors (Lipinski definition) is 3. The molecule has 0 spiro atoms. The summed E-state index contributed by atoms with van der Waals surface area (Å²) in [7, 11) is 0. The van der Waals surface area contributed by atoms with Crippen LogP contribution in [0.3, 0.4) is 0 Å². The largest absolute Gasteiger partial charge is 0.477 e. The number of carboxylic acids is 1. The van der Waals surface area contributed by atoms with Crippen LogP contribution in [0.5, 0.6) is 0 Å². The van der Waals surface area contributed by atoms with E-state index in [1.54, 1.807) is 12.5 Å². The van der Waals surface area contributed by atoms with E-state index < -0.39 is 5.97 Å². The predicted octanol–water partition coefficient (Wildman–Crippen LogP) is 1.89. The van der Waals surface area contributed by atoms with Crippen molar-refractivity contribution in [2.24, 2.45) is 0 Å². The second-order valence-corrected chi connectivity index (χ2v) is 4.05. The number of nitrogens with zero attached hydrogens (tertiary/aromatic N) is 2. The first-order valence-corrected chi connectivity index (χ1v) is 5.41. The average Bonchev–Trinajstić information content (AvgIpc) is 2.86. The smallest absolute Gasteiger partial charge is 0.346 e. The zero-order chi connectivity index (χ0) is 10.7. The molecule has 2 rings (SSSR count). The molecule has 0 aliphatic heterocycles. The monoisotopic (exact) mass is 222 g/mol. The summed E-state index contributed by atoms with van der Waals surface area (Å²) in [6, 6.07) is 1.87. The molecule has 15 heavy (non-hydrogen) atoms. The fraction of sp³-hybridized carbons (Fsp3) is 0.200. The van der Waals surface area contributed by atoms with Crippen molar-refractivity contribution in [3.63, 3.8) is 0 Å². The summed E-state index contributed by atoms with van der Waals surface area (Å²) in [4.78, 5) is 15.2. The van der Waals surface area contributed by atoms with Gasteiger partial charge in [-0.15, -0.1) is 11.3 Å². The van der Waals surface area contributed by atoms with Crippen LogP contribution in [0.15, 0.2) is 30.2 Å². The van der Waals surface area contributed by atoms with Crippen molar-refractivity contribution in [2.45, 2.75) is 13.0 Å². The highest BCUT2D eigenvalue weighted by Crippen LogP contribution is 2.17. The lowest BCUT2D eigenvalue weighted by Gasteiger charge is -2.01. The SMILES string of the molecule is O=C(O)c1sccc1CCn1ccnc1. The van der Waals surface area contributed by atoms with Gasteiger partial charge in [0.2, 0.25) is 0 Å². The quantitative estimate of drug-likeness (QED) is 0.859. The standard InChI is InChI=1S/C10H10N2O2S/c13-10(14)9-8(2-6-15-9)1-4-12-5-3-11-7-12/h2-3,5-7H,1,4H2,(H,13,14). The van der Waals surface area contributed by atoms with Crippen molar-refractivity contribution < 1.29 is 9.90 Å². The van der Waals surface area contributed by atoms with Crippen LogP contribution in [0.1, 0.15) is 15.2 Å². The predicted molar refractivity (Wildman–Crippen MR) is 57.2 cm³/mol. The molecule has 0 saturated heterocycles. The first kappa shape index (κ1) is 9.92. The van der Waals surface area contributed by atoms with Crippen molar-refractivity contribution in [3.05, 3.63) is 40.6 Å². The molecule has 2 heterocycles. The topological polar surface area (TPSA) is 55.1 Å². The van der Waals surface area contributed by atoms with E-state index in [-0.39, 0.29) is 0 Å². The molecular weight excluding hydrogens is 212 g/mol. The van der Waals surface area contributed by atoms with Gasteiger partial charge < -0.3 is 9.67 Å². The maximum absolute atomic E-state index is 10.8. The van der Waals surface area contributed by atoms with Crippen molar-refractivity contribution in [1.82, 2.24) is 9.55 Å². The Morgan fingerprint density at radius 2 is 2.47 bits per heavy atom.